The highest BCUT2D eigenvalue weighted by Gasteiger charge is 2.19. The normalized spacial score (nSPS) is 10.1. The summed E-state index contributed by atoms with van der Waals surface area (Å²) < 4.78 is 0. The van der Waals surface area contributed by atoms with Crippen molar-refractivity contribution in [3.63, 3.8) is 0 Å². The maximum atomic E-state index is 12.2. The number of amides is 2. The quantitative estimate of drug-likeness (QED) is 0.518. The van der Waals surface area contributed by atoms with E-state index >= 15 is 0 Å². The van der Waals surface area contributed by atoms with Gasteiger partial charge in [0.25, 0.3) is 11.8 Å². The number of phenols is 1. The van der Waals surface area contributed by atoms with E-state index in [1.54, 1.807) is 42.5 Å². The summed E-state index contributed by atoms with van der Waals surface area (Å²) in [7, 11) is 0. The first-order valence-corrected chi connectivity index (χ1v) is 8.11. The zero-order valence-electron chi connectivity index (χ0n) is 14.7. The van der Waals surface area contributed by atoms with Crippen LogP contribution in [0.15, 0.2) is 49.0 Å². The molecule has 7 nitrogen and oxygen atoms in total. The Balaban J connectivity index is 2.33. The van der Waals surface area contributed by atoms with Crippen LogP contribution < -0.4 is 17.2 Å². The number of pyridine rings is 1. The first-order valence-electron chi connectivity index (χ1n) is 8.11. The van der Waals surface area contributed by atoms with Crippen molar-refractivity contribution in [2.24, 2.45) is 11.5 Å². The van der Waals surface area contributed by atoms with Crippen molar-refractivity contribution < 1.29 is 14.7 Å². The lowest BCUT2D eigenvalue weighted by Gasteiger charge is -2.13. The molecule has 0 atom stereocenters. The van der Waals surface area contributed by atoms with E-state index in [2.05, 4.69) is 23.4 Å². The number of hydrogen-bond donors (Lipinski definition) is 4. The lowest BCUT2D eigenvalue weighted by Crippen LogP contribution is -2.16. The van der Waals surface area contributed by atoms with Gasteiger partial charge in [0.2, 0.25) is 0 Å². The monoisotopic (exact) mass is 372 g/mol. The van der Waals surface area contributed by atoms with Gasteiger partial charge in [-0.25, -0.2) is 4.98 Å². The molecule has 2 amide bonds. The largest absolute Gasteiger partial charge is 0.507 e. The molecule has 28 heavy (non-hydrogen) atoms. The van der Waals surface area contributed by atoms with Gasteiger partial charge in [-0.3, -0.25) is 9.59 Å². The maximum absolute atomic E-state index is 12.2. The summed E-state index contributed by atoms with van der Waals surface area (Å²) in [6, 6.07) is 11.9. The number of primary amides is 2. The molecule has 2 aromatic carbocycles. The van der Waals surface area contributed by atoms with E-state index in [0.717, 1.165) is 0 Å². The Kier molecular flexibility index (Phi) is 4.71. The molecule has 0 aliphatic rings. The molecule has 0 aliphatic heterocycles. The van der Waals surface area contributed by atoms with Crippen LogP contribution in [-0.2, 0) is 4.79 Å². The summed E-state index contributed by atoms with van der Waals surface area (Å²) in [6.07, 6.45) is 0. The van der Waals surface area contributed by atoms with E-state index < -0.39 is 11.8 Å². The fraction of sp³-hybridized carbons (Fsp3) is 0. The Labute approximate surface area is 160 Å². The molecule has 0 bridgehead atoms. The SMILES string of the molecule is C=C(C#CC(N)=O)c1nc(N)c2ccc(-c3ccccc3O)cc2c1C(N)=O. The second kappa shape index (κ2) is 7.13. The summed E-state index contributed by atoms with van der Waals surface area (Å²) in [6.45, 7) is 3.74. The number of aromatic nitrogens is 1. The number of benzene rings is 2. The minimum atomic E-state index is -0.850. The Bertz CT molecular complexity index is 1220. The molecular formula is C21H16N4O3. The van der Waals surface area contributed by atoms with Gasteiger partial charge in [-0.2, -0.15) is 0 Å². The summed E-state index contributed by atoms with van der Waals surface area (Å²) in [5.74, 6) is 3.22. The number of aromatic hydroxyl groups is 1. The average Bonchev–Trinajstić information content (AvgIpc) is 2.65. The van der Waals surface area contributed by atoms with E-state index in [9.17, 15) is 14.7 Å². The summed E-state index contributed by atoms with van der Waals surface area (Å²) in [5, 5.41) is 11.1. The van der Waals surface area contributed by atoms with E-state index in [4.69, 9.17) is 17.2 Å². The Hall–Kier alpha value is -4.31. The number of rotatable bonds is 3. The highest BCUT2D eigenvalue weighted by Crippen LogP contribution is 2.35. The number of nitrogen functional groups attached to an aromatic ring is 1. The molecule has 3 aromatic rings. The van der Waals surface area contributed by atoms with Crippen molar-refractivity contribution in [2.45, 2.75) is 0 Å². The zero-order chi connectivity index (χ0) is 20.4. The Morgan fingerprint density at radius 3 is 2.39 bits per heavy atom. The van der Waals surface area contributed by atoms with Crippen LogP contribution in [0.1, 0.15) is 16.1 Å². The molecule has 1 aromatic heterocycles. The lowest BCUT2D eigenvalue weighted by atomic mass is 9.95. The van der Waals surface area contributed by atoms with Gasteiger partial charge in [-0.1, -0.05) is 42.8 Å². The van der Waals surface area contributed by atoms with E-state index in [1.165, 1.54) is 0 Å². The van der Waals surface area contributed by atoms with Crippen molar-refractivity contribution in [3.05, 3.63) is 60.3 Å². The van der Waals surface area contributed by atoms with Gasteiger partial charge in [0.1, 0.15) is 11.6 Å². The summed E-state index contributed by atoms with van der Waals surface area (Å²) in [4.78, 5) is 27.3. The first-order chi connectivity index (χ1) is 13.3. The van der Waals surface area contributed by atoms with Crippen LogP contribution in [-0.4, -0.2) is 21.9 Å². The zero-order valence-corrected chi connectivity index (χ0v) is 14.7. The van der Waals surface area contributed by atoms with Crippen LogP contribution in [0.5, 0.6) is 5.75 Å². The number of nitrogens with zero attached hydrogens (tertiary/aromatic N) is 1. The number of carbonyl (C=O) groups is 2. The van der Waals surface area contributed by atoms with Gasteiger partial charge < -0.3 is 22.3 Å². The molecule has 0 unspecified atom stereocenters. The van der Waals surface area contributed by atoms with Crippen LogP contribution in [0, 0.1) is 11.8 Å². The number of nitrogens with two attached hydrogens (primary N) is 3. The van der Waals surface area contributed by atoms with E-state index in [0.29, 0.717) is 21.9 Å². The molecule has 0 aliphatic carbocycles. The average molecular weight is 372 g/mol. The summed E-state index contributed by atoms with van der Waals surface area (Å²) in [5.41, 5.74) is 18.1. The standard InChI is InChI=1S/C21H16N4O3/c1-11(6-9-17(22)27)19-18(21(24)28)15-10-12(7-8-14(15)20(23)25-19)13-4-2-3-5-16(13)26/h2-5,7-8,10,26H,1H2,(H2,22,27)(H2,23,25)(H2,24,28). The number of anilines is 1. The molecule has 3 rings (SSSR count). The number of hydrogen-bond acceptors (Lipinski definition) is 5. The molecule has 1 heterocycles. The molecule has 0 spiro atoms. The van der Waals surface area contributed by atoms with Crippen LogP contribution >= 0.6 is 0 Å². The van der Waals surface area contributed by atoms with Crippen LogP contribution in [0.25, 0.3) is 27.5 Å². The van der Waals surface area contributed by atoms with Gasteiger partial charge >= 0.3 is 0 Å². The number of para-hydroxylation sites is 1. The van der Waals surface area contributed by atoms with Gasteiger partial charge in [0.15, 0.2) is 0 Å². The second-order valence-corrected chi connectivity index (χ2v) is 5.96. The van der Waals surface area contributed by atoms with Crippen molar-refractivity contribution in [1.82, 2.24) is 4.98 Å². The number of allylic oxidation sites excluding steroid dienone is 1. The van der Waals surface area contributed by atoms with Gasteiger partial charge in [-0.15, -0.1) is 0 Å². The fourth-order valence-electron chi connectivity index (χ4n) is 2.89. The summed E-state index contributed by atoms with van der Waals surface area (Å²) >= 11 is 0. The van der Waals surface area contributed by atoms with Crippen LogP contribution in [0.4, 0.5) is 5.82 Å². The lowest BCUT2D eigenvalue weighted by molar-refractivity contribution is -0.112. The highest BCUT2D eigenvalue weighted by molar-refractivity contribution is 6.13. The highest BCUT2D eigenvalue weighted by atomic mass is 16.3. The van der Waals surface area contributed by atoms with Gasteiger partial charge in [0, 0.05) is 27.8 Å². The molecule has 7 N–H and O–H groups in total. The Morgan fingerprint density at radius 1 is 1.04 bits per heavy atom. The fourth-order valence-corrected chi connectivity index (χ4v) is 2.89. The number of phenolic OH excluding ortho intramolecular Hbond substituents is 1. The third-order valence-electron chi connectivity index (χ3n) is 4.12. The molecule has 7 heteroatoms. The second-order valence-electron chi connectivity index (χ2n) is 5.96. The molecule has 138 valence electrons. The predicted octanol–water partition coefficient (Wildman–Crippen LogP) is 1.79. The number of carbonyl (C=O) groups excluding carboxylic acids is 2. The van der Waals surface area contributed by atoms with Crippen molar-refractivity contribution in [3.8, 4) is 28.7 Å². The Morgan fingerprint density at radius 2 is 1.75 bits per heavy atom. The van der Waals surface area contributed by atoms with Gasteiger partial charge in [-0.05, 0) is 17.7 Å². The topological polar surface area (TPSA) is 145 Å². The molecule has 0 saturated heterocycles. The third kappa shape index (κ3) is 3.34. The smallest absolute Gasteiger partial charge is 0.293 e. The van der Waals surface area contributed by atoms with E-state index in [1.807, 2.05) is 0 Å². The third-order valence-corrected chi connectivity index (χ3v) is 4.12. The van der Waals surface area contributed by atoms with Crippen molar-refractivity contribution in [1.29, 1.82) is 0 Å². The molecule has 0 fully saturated rings. The molecular weight excluding hydrogens is 356 g/mol. The number of fused-ring (bicyclic) bond motifs is 1. The first kappa shape index (κ1) is 18.5. The van der Waals surface area contributed by atoms with Crippen LogP contribution in [0.3, 0.4) is 0 Å². The minimum Gasteiger partial charge on any atom is -0.507 e. The van der Waals surface area contributed by atoms with Crippen molar-refractivity contribution in [2.75, 3.05) is 5.73 Å². The van der Waals surface area contributed by atoms with Gasteiger partial charge in [0.05, 0.1) is 11.3 Å². The predicted molar refractivity (Wildman–Crippen MR) is 108 cm³/mol. The van der Waals surface area contributed by atoms with E-state index in [-0.39, 0.29) is 28.4 Å². The van der Waals surface area contributed by atoms with Crippen molar-refractivity contribution >= 4 is 34.0 Å². The maximum Gasteiger partial charge on any atom is 0.293 e. The molecule has 0 radical (unpaired) electrons. The molecule has 0 saturated carbocycles. The van der Waals surface area contributed by atoms with Crippen LogP contribution in [0.2, 0.25) is 0 Å². The minimum absolute atomic E-state index is 0.0604.